The fraction of sp³-hybridized carbons (Fsp3) is 0.467. The van der Waals surface area contributed by atoms with Crippen LogP contribution in [0.1, 0.15) is 19.4 Å². The third kappa shape index (κ3) is 3.65. The Morgan fingerprint density at radius 2 is 1.45 bits per heavy atom. The van der Waals surface area contributed by atoms with Crippen LogP contribution in [-0.2, 0) is 35.3 Å². The summed E-state index contributed by atoms with van der Waals surface area (Å²) in [4.78, 5) is 24.7. The minimum Gasteiger partial charge on any atom is -0.464 e. The number of hydrogen-bond acceptors (Lipinski definition) is 6. The second-order valence-electron chi connectivity index (χ2n) is 4.70. The van der Waals surface area contributed by atoms with Crippen LogP contribution in [0.2, 0.25) is 0 Å². The summed E-state index contributed by atoms with van der Waals surface area (Å²) >= 11 is 0. The van der Waals surface area contributed by atoms with Crippen molar-refractivity contribution in [3.63, 3.8) is 0 Å². The van der Waals surface area contributed by atoms with Gasteiger partial charge in [0, 0.05) is 12.7 Å². The van der Waals surface area contributed by atoms with Gasteiger partial charge in [-0.1, -0.05) is 30.3 Å². The first kappa shape index (κ1) is 18.2. The van der Waals surface area contributed by atoms with Crippen LogP contribution in [0.3, 0.4) is 0 Å². The van der Waals surface area contributed by atoms with Crippen LogP contribution in [0, 0.1) is 0 Å². The van der Waals surface area contributed by atoms with Crippen molar-refractivity contribution < 1.29 is 27.5 Å². The Morgan fingerprint density at radius 1 is 1.00 bits per heavy atom. The summed E-state index contributed by atoms with van der Waals surface area (Å²) in [5.74, 6) is -2.22. The van der Waals surface area contributed by atoms with Gasteiger partial charge in [0.05, 0.1) is 13.2 Å². The zero-order valence-electron chi connectivity index (χ0n) is 12.9. The van der Waals surface area contributed by atoms with E-state index in [1.807, 2.05) is 0 Å². The summed E-state index contributed by atoms with van der Waals surface area (Å²) < 4.78 is 31.9. The monoisotopic (exact) mass is 328 g/mol. The molecule has 1 aromatic rings. The molecular weight excluding hydrogens is 308 g/mol. The third-order valence-corrected chi connectivity index (χ3v) is 4.88. The van der Waals surface area contributed by atoms with Crippen LogP contribution in [-0.4, -0.2) is 44.6 Å². The quantitative estimate of drug-likeness (QED) is 0.551. The minimum atomic E-state index is -4.12. The van der Waals surface area contributed by atoms with Crippen LogP contribution < -0.4 is 0 Å². The van der Waals surface area contributed by atoms with E-state index in [1.165, 1.54) is 0 Å². The molecule has 0 fully saturated rings. The van der Waals surface area contributed by atoms with Crippen LogP contribution in [0.5, 0.6) is 0 Å². The molecule has 0 unspecified atom stereocenters. The molecule has 1 aromatic carbocycles. The highest BCUT2D eigenvalue weighted by Gasteiger charge is 2.58. The topological polar surface area (TPSA) is 86.7 Å². The van der Waals surface area contributed by atoms with Gasteiger partial charge >= 0.3 is 11.9 Å². The predicted molar refractivity (Wildman–Crippen MR) is 81.0 cm³/mol. The molecule has 6 nitrogen and oxygen atoms in total. The van der Waals surface area contributed by atoms with Gasteiger partial charge in [-0.25, -0.2) is 18.0 Å². The second-order valence-corrected chi connectivity index (χ2v) is 6.94. The molecule has 122 valence electrons. The van der Waals surface area contributed by atoms with Gasteiger partial charge < -0.3 is 9.47 Å². The van der Waals surface area contributed by atoms with E-state index in [0.29, 0.717) is 5.56 Å². The molecule has 0 aliphatic rings. The summed E-state index contributed by atoms with van der Waals surface area (Å²) in [7, 11) is -4.12. The lowest BCUT2D eigenvalue weighted by Crippen LogP contribution is -2.56. The number of esters is 2. The highest BCUT2D eigenvalue weighted by molar-refractivity contribution is 7.93. The van der Waals surface area contributed by atoms with E-state index in [9.17, 15) is 18.0 Å². The summed E-state index contributed by atoms with van der Waals surface area (Å²) in [6.07, 6.45) is 0.508. The highest BCUT2D eigenvalue weighted by Crippen LogP contribution is 2.26. The molecule has 0 saturated heterocycles. The van der Waals surface area contributed by atoms with E-state index in [1.54, 1.807) is 44.2 Å². The van der Waals surface area contributed by atoms with Crippen molar-refractivity contribution in [2.75, 3.05) is 19.5 Å². The van der Waals surface area contributed by atoms with Crippen molar-refractivity contribution in [2.24, 2.45) is 0 Å². The van der Waals surface area contributed by atoms with Gasteiger partial charge in [-0.3, -0.25) is 0 Å². The predicted octanol–water partition coefficient (Wildman–Crippen LogP) is 1.14. The maximum Gasteiger partial charge on any atom is 0.339 e. The van der Waals surface area contributed by atoms with Gasteiger partial charge in [-0.2, -0.15) is 0 Å². The molecule has 0 amide bonds. The Morgan fingerprint density at radius 3 is 1.82 bits per heavy atom. The van der Waals surface area contributed by atoms with E-state index in [-0.39, 0.29) is 19.6 Å². The fourth-order valence-corrected chi connectivity index (χ4v) is 3.19. The number of benzene rings is 1. The zero-order chi connectivity index (χ0) is 16.8. The Kier molecular flexibility index (Phi) is 6.11. The molecule has 0 spiro atoms. The van der Waals surface area contributed by atoms with Crippen molar-refractivity contribution in [1.82, 2.24) is 0 Å². The molecule has 0 N–H and O–H groups in total. The molecule has 0 heterocycles. The number of rotatable bonds is 7. The summed E-state index contributed by atoms with van der Waals surface area (Å²) in [5, 5.41) is 0. The minimum absolute atomic E-state index is 0.0374. The number of sulfone groups is 1. The Labute approximate surface area is 130 Å². The maximum absolute atomic E-state index is 12.3. The number of carbonyl (C=O) groups excluding carboxylic acids is 2. The number of ether oxygens (including phenoxy) is 2. The standard InChI is InChI=1S/C15H20O6S/c1-4-20-13(16)15(22(3,18)19,14(17)21-5-2)11-12-9-7-6-8-10-12/h6-10H,4-5,11H2,1-3H3. The molecule has 22 heavy (non-hydrogen) atoms. The lowest BCUT2D eigenvalue weighted by molar-refractivity contribution is -0.159. The molecule has 0 saturated carbocycles. The summed E-state index contributed by atoms with van der Waals surface area (Å²) in [6.45, 7) is 3.01. The van der Waals surface area contributed by atoms with Crippen molar-refractivity contribution in [3.8, 4) is 0 Å². The average molecular weight is 328 g/mol. The van der Waals surface area contributed by atoms with Crippen molar-refractivity contribution in [3.05, 3.63) is 35.9 Å². The van der Waals surface area contributed by atoms with Gasteiger partial charge in [-0.15, -0.1) is 0 Å². The van der Waals surface area contributed by atoms with Crippen molar-refractivity contribution >= 4 is 21.8 Å². The first-order chi connectivity index (χ1) is 10.3. The lowest BCUT2D eigenvalue weighted by Gasteiger charge is -2.27. The molecule has 1 rings (SSSR count). The van der Waals surface area contributed by atoms with Crippen LogP contribution in [0.4, 0.5) is 0 Å². The summed E-state index contributed by atoms with van der Waals surface area (Å²) in [6, 6.07) is 8.41. The molecule has 0 aliphatic heterocycles. The normalized spacial score (nSPS) is 11.8. The van der Waals surface area contributed by atoms with Gasteiger partial charge in [0.15, 0.2) is 9.84 Å². The van der Waals surface area contributed by atoms with Gasteiger partial charge in [0.25, 0.3) is 4.75 Å². The van der Waals surface area contributed by atoms with Crippen LogP contribution >= 0.6 is 0 Å². The molecule has 0 atom stereocenters. The summed E-state index contributed by atoms with van der Waals surface area (Å²) in [5.41, 5.74) is 0.522. The molecular formula is C15H20O6S. The van der Waals surface area contributed by atoms with Crippen LogP contribution in [0.15, 0.2) is 30.3 Å². The second kappa shape index (κ2) is 7.40. The van der Waals surface area contributed by atoms with Crippen LogP contribution in [0.25, 0.3) is 0 Å². The fourth-order valence-electron chi connectivity index (χ4n) is 2.04. The first-order valence-corrected chi connectivity index (χ1v) is 8.76. The Bertz CT molecular complexity index is 603. The molecule has 0 radical (unpaired) electrons. The largest absolute Gasteiger partial charge is 0.464 e. The maximum atomic E-state index is 12.3. The first-order valence-electron chi connectivity index (χ1n) is 6.87. The third-order valence-electron chi connectivity index (χ3n) is 3.14. The van der Waals surface area contributed by atoms with Gasteiger partial charge in [-0.05, 0) is 19.4 Å². The van der Waals surface area contributed by atoms with Gasteiger partial charge in [0.2, 0.25) is 0 Å². The van der Waals surface area contributed by atoms with Crippen molar-refractivity contribution in [1.29, 1.82) is 0 Å². The number of carbonyl (C=O) groups is 2. The number of hydrogen-bond donors (Lipinski definition) is 0. The SMILES string of the molecule is CCOC(=O)C(Cc1ccccc1)(C(=O)OCC)S(C)(=O)=O. The van der Waals surface area contributed by atoms with E-state index in [2.05, 4.69) is 0 Å². The molecule has 0 aromatic heterocycles. The average Bonchev–Trinajstić information content (AvgIpc) is 2.44. The zero-order valence-corrected chi connectivity index (χ0v) is 13.7. The molecule has 0 aliphatic carbocycles. The van der Waals surface area contributed by atoms with Crippen molar-refractivity contribution in [2.45, 2.75) is 25.0 Å². The van der Waals surface area contributed by atoms with Gasteiger partial charge in [0.1, 0.15) is 0 Å². The van der Waals surface area contributed by atoms with E-state index in [0.717, 1.165) is 6.26 Å². The Balaban J connectivity index is 3.44. The Hall–Kier alpha value is -1.89. The van der Waals surface area contributed by atoms with E-state index >= 15 is 0 Å². The molecule has 7 heteroatoms. The van der Waals surface area contributed by atoms with E-state index in [4.69, 9.17) is 9.47 Å². The highest BCUT2D eigenvalue weighted by atomic mass is 32.2. The lowest BCUT2D eigenvalue weighted by atomic mass is 9.98. The smallest absolute Gasteiger partial charge is 0.339 e. The molecule has 0 bridgehead atoms. The van der Waals surface area contributed by atoms with E-state index < -0.39 is 26.5 Å².